The molecule has 2 fully saturated rings. The molecule has 3 rings (SSSR count). The Morgan fingerprint density at radius 2 is 1.90 bits per heavy atom. The number of cyclic esters (lactones) is 1. The number of fused-ring (bicyclic) bond motifs is 1. The van der Waals surface area contributed by atoms with Crippen LogP contribution in [-0.4, -0.2) is 81.7 Å². The third-order valence-electron chi connectivity index (χ3n) is 7.77. The lowest BCUT2D eigenvalue weighted by Gasteiger charge is -2.39. The maximum atomic E-state index is 12.4. The first-order chi connectivity index (χ1) is 18.7. The highest BCUT2D eigenvalue weighted by molar-refractivity contribution is 5.71. The number of methoxy groups -OCH3 is 1. The molecule has 0 aromatic carbocycles. The molecule has 9 atom stereocenters. The Hall–Kier alpha value is -1.97. The molecule has 0 amide bonds. The molecule has 0 radical (unpaired) electrons. The van der Waals surface area contributed by atoms with Crippen molar-refractivity contribution in [2.45, 2.75) is 102 Å². The van der Waals surface area contributed by atoms with Crippen molar-refractivity contribution in [3.63, 3.8) is 0 Å². The van der Waals surface area contributed by atoms with E-state index in [9.17, 15) is 4.79 Å². The SMILES string of the molecule is C=CCO[C@H]1C[C@H]2C[C@@H](C)[C@@H](O[C@H]3CC[C@H](N(C)C)[C@@H](C)O3)/C=C/C=C/C[C@@H](C)OC(=O)C/C=C(\OC)[C@@H]2O1. The summed E-state index contributed by atoms with van der Waals surface area (Å²) in [6.45, 7) is 10.4. The normalized spacial score (nSPS) is 39.7. The third-order valence-corrected chi connectivity index (χ3v) is 7.77. The number of esters is 1. The van der Waals surface area contributed by atoms with E-state index >= 15 is 0 Å². The van der Waals surface area contributed by atoms with Gasteiger partial charge in [-0.1, -0.05) is 37.3 Å². The molecular weight excluding hydrogens is 498 g/mol. The molecule has 0 unspecified atom stereocenters. The van der Waals surface area contributed by atoms with Crippen LogP contribution in [0.25, 0.3) is 0 Å². The summed E-state index contributed by atoms with van der Waals surface area (Å²) in [5, 5.41) is 0. The number of allylic oxidation sites excluding steroid dienone is 2. The van der Waals surface area contributed by atoms with Gasteiger partial charge in [0.1, 0.15) is 18.0 Å². The van der Waals surface area contributed by atoms with E-state index in [1.54, 1.807) is 19.3 Å². The maximum absolute atomic E-state index is 12.4. The Bertz CT molecular complexity index is 869. The number of carbonyl (C=O) groups is 1. The van der Waals surface area contributed by atoms with Crippen LogP contribution in [0.2, 0.25) is 0 Å². The van der Waals surface area contributed by atoms with Gasteiger partial charge in [-0.3, -0.25) is 4.79 Å². The predicted molar refractivity (Wildman–Crippen MR) is 151 cm³/mol. The summed E-state index contributed by atoms with van der Waals surface area (Å²) in [6, 6.07) is 0.386. The second-order valence-electron chi connectivity index (χ2n) is 11.2. The van der Waals surface area contributed by atoms with Crippen molar-refractivity contribution in [2.75, 3.05) is 27.8 Å². The van der Waals surface area contributed by atoms with E-state index in [0.29, 0.717) is 31.2 Å². The zero-order valence-corrected chi connectivity index (χ0v) is 24.6. The van der Waals surface area contributed by atoms with Gasteiger partial charge in [0.25, 0.3) is 0 Å². The first-order valence-electron chi connectivity index (χ1n) is 14.3. The van der Waals surface area contributed by atoms with Crippen LogP contribution < -0.4 is 0 Å². The van der Waals surface area contributed by atoms with Crippen LogP contribution >= 0.6 is 0 Å². The van der Waals surface area contributed by atoms with Crippen molar-refractivity contribution in [2.24, 2.45) is 11.8 Å². The molecule has 0 saturated carbocycles. The predicted octanol–water partition coefficient (Wildman–Crippen LogP) is 5.16. The lowest BCUT2D eigenvalue weighted by Crippen LogP contribution is -2.46. The lowest BCUT2D eigenvalue weighted by molar-refractivity contribution is -0.224. The topological polar surface area (TPSA) is 75.7 Å². The van der Waals surface area contributed by atoms with Crippen molar-refractivity contribution in [1.82, 2.24) is 4.90 Å². The van der Waals surface area contributed by atoms with Crippen LogP contribution in [0, 0.1) is 11.8 Å². The fourth-order valence-corrected chi connectivity index (χ4v) is 5.72. The van der Waals surface area contributed by atoms with Crippen LogP contribution in [0.5, 0.6) is 0 Å². The van der Waals surface area contributed by atoms with Gasteiger partial charge in [0.05, 0.1) is 32.3 Å². The molecule has 0 spiro atoms. The van der Waals surface area contributed by atoms with Gasteiger partial charge in [0.15, 0.2) is 12.6 Å². The first kappa shape index (κ1) is 31.6. The van der Waals surface area contributed by atoms with Crippen LogP contribution in [-0.2, 0) is 33.2 Å². The van der Waals surface area contributed by atoms with Gasteiger partial charge < -0.3 is 33.3 Å². The Labute approximate surface area is 235 Å². The van der Waals surface area contributed by atoms with E-state index in [-0.39, 0.29) is 61.2 Å². The minimum atomic E-state index is -0.374. The number of nitrogens with zero attached hydrogens (tertiary/aromatic N) is 1. The Balaban J connectivity index is 1.82. The average molecular weight is 548 g/mol. The number of rotatable bonds is 7. The highest BCUT2D eigenvalue weighted by Gasteiger charge is 2.41. The largest absolute Gasteiger partial charge is 0.499 e. The van der Waals surface area contributed by atoms with Crippen molar-refractivity contribution in [3.05, 3.63) is 48.8 Å². The fraction of sp³-hybridized carbons (Fsp3) is 0.710. The van der Waals surface area contributed by atoms with Gasteiger partial charge in [-0.15, -0.1) is 6.58 Å². The lowest BCUT2D eigenvalue weighted by atomic mass is 9.86. The summed E-state index contributed by atoms with van der Waals surface area (Å²) in [4.78, 5) is 14.7. The van der Waals surface area contributed by atoms with Crippen LogP contribution in [0.3, 0.4) is 0 Å². The molecule has 0 aliphatic carbocycles. The molecule has 3 aliphatic rings. The van der Waals surface area contributed by atoms with Crippen LogP contribution in [0.15, 0.2) is 48.8 Å². The number of likely N-dealkylation sites (N-methyl/N-ethyl adjacent to an activating group) is 1. The number of carbonyl (C=O) groups excluding carboxylic acids is 1. The molecule has 0 aromatic heterocycles. The van der Waals surface area contributed by atoms with Crippen LogP contribution in [0.1, 0.15) is 59.3 Å². The summed E-state index contributed by atoms with van der Waals surface area (Å²) in [5.41, 5.74) is 0. The standard InChI is InChI=1S/C31H49NO7/c1-8-18-35-30-20-24-19-21(2)26(38-29-17-14-25(32(5)6)23(4)37-29)13-11-9-10-12-22(3)36-28(33)16-15-27(34-7)31(24)39-30/h8-11,13,15,21-26,29-31H,1,12,14,16-20H2,2-7H3/b10-9+,13-11+,27-15-/t21-,22-,23-,24-,25+,26+,29+,30-,31-/m1/s1. The molecule has 0 aromatic rings. The summed E-state index contributed by atoms with van der Waals surface area (Å²) in [6.07, 6.45) is 14.6. The van der Waals surface area contributed by atoms with E-state index in [1.165, 1.54) is 0 Å². The fourth-order valence-electron chi connectivity index (χ4n) is 5.72. The van der Waals surface area contributed by atoms with Crippen LogP contribution in [0.4, 0.5) is 0 Å². The Morgan fingerprint density at radius 1 is 1.10 bits per heavy atom. The minimum Gasteiger partial charge on any atom is -0.499 e. The Morgan fingerprint density at radius 3 is 2.59 bits per heavy atom. The summed E-state index contributed by atoms with van der Waals surface area (Å²) in [5.74, 6) is 0.621. The van der Waals surface area contributed by atoms with E-state index in [1.807, 2.05) is 25.2 Å². The number of hydrogen-bond acceptors (Lipinski definition) is 8. The molecule has 220 valence electrons. The molecule has 0 N–H and O–H groups in total. The Kier molecular flexibility index (Phi) is 12.7. The second kappa shape index (κ2) is 15.7. The first-order valence-corrected chi connectivity index (χ1v) is 14.3. The van der Waals surface area contributed by atoms with Gasteiger partial charge in [-0.25, -0.2) is 0 Å². The zero-order valence-electron chi connectivity index (χ0n) is 24.6. The molecule has 0 bridgehead atoms. The van der Waals surface area contributed by atoms with Gasteiger partial charge in [0.2, 0.25) is 0 Å². The highest BCUT2D eigenvalue weighted by atomic mass is 16.7. The second-order valence-corrected chi connectivity index (χ2v) is 11.2. The monoisotopic (exact) mass is 547 g/mol. The third kappa shape index (κ3) is 9.57. The van der Waals surface area contributed by atoms with Crippen molar-refractivity contribution in [3.8, 4) is 0 Å². The quantitative estimate of drug-likeness (QED) is 0.320. The molecular formula is C31H49NO7. The summed E-state index contributed by atoms with van der Waals surface area (Å²) < 4.78 is 36.4. The van der Waals surface area contributed by atoms with E-state index in [0.717, 1.165) is 19.3 Å². The molecule has 3 aliphatic heterocycles. The van der Waals surface area contributed by atoms with Crippen molar-refractivity contribution in [1.29, 1.82) is 0 Å². The maximum Gasteiger partial charge on any atom is 0.310 e. The van der Waals surface area contributed by atoms with E-state index in [2.05, 4.69) is 45.5 Å². The van der Waals surface area contributed by atoms with Gasteiger partial charge >= 0.3 is 5.97 Å². The molecule has 2 saturated heterocycles. The minimum absolute atomic E-state index is 0.0955. The number of hydrogen-bond donors (Lipinski definition) is 0. The zero-order chi connectivity index (χ0) is 28.4. The molecule has 3 heterocycles. The summed E-state index contributed by atoms with van der Waals surface area (Å²) in [7, 11) is 5.81. The van der Waals surface area contributed by atoms with Gasteiger partial charge in [0, 0.05) is 18.9 Å². The van der Waals surface area contributed by atoms with Crippen molar-refractivity contribution >= 4 is 5.97 Å². The molecule has 8 heteroatoms. The van der Waals surface area contributed by atoms with Crippen molar-refractivity contribution < 1.29 is 33.2 Å². The highest BCUT2D eigenvalue weighted by Crippen LogP contribution is 2.38. The smallest absolute Gasteiger partial charge is 0.310 e. The van der Waals surface area contributed by atoms with Gasteiger partial charge in [-0.05, 0) is 65.1 Å². The molecule has 8 nitrogen and oxygen atoms in total. The van der Waals surface area contributed by atoms with E-state index < -0.39 is 0 Å². The van der Waals surface area contributed by atoms with Gasteiger partial charge in [-0.2, -0.15) is 0 Å². The van der Waals surface area contributed by atoms with E-state index in [4.69, 9.17) is 28.4 Å². The number of ether oxygens (including phenoxy) is 6. The molecule has 39 heavy (non-hydrogen) atoms. The average Bonchev–Trinajstić information content (AvgIpc) is 3.28. The summed E-state index contributed by atoms with van der Waals surface area (Å²) >= 11 is 0.